The van der Waals surface area contributed by atoms with Crippen LogP contribution in [0.4, 0.5) is 11.4 Å². The molecule has 0 saturated heterocycles. The number of likely N-dealkylation sites (N-methyl/N-ethyl adjacent to an activating group) is 1. The fourth-order valence-corrected chi connectivity index (χ4v) is 6.81. The first kappa shape index (κ1) is 28.0. The first-order valence-electron chi connectivity index (χ1n) is 14.0. The lowest BCUT2D eigenvalue weighted by Crippen LogP contribution is -2.43. The van der Waals surface area contributed by atoms with Gasteiger partial charge in [0.05, 0.1) is 29.4 Å². The van der Waals surface area contributed by atoms with Crippen LogP contribution in [0.5, 0.6) is 5.88 Å². The first-order chi connectivity index (χ1) is 20.1. The van der Waals surface area contributed by atoms with Gasteiger partial charge in [-0.15, -0.1) is 0 Å². The number of carbonyl (C=O) groups excluding carboxylic acids is 1. The van der Waals surface area contributed by atoms with Crippen LogP contribution < -0.4 is 14.4 Å². The molecule has 1 fully saturated rings. The lowest BCUT2D eigenvalue weighted by Gasteiger charge is -2.37. The zero-order valence-electron chi connectivity index (χ0n) is 24.2. The summed E-state index contributed by atoms with van der Waals surface area (Å²) in [5, 5.41) is 0.930. The van der Waals surface area contributed by atoms with E-state index in [1.54, 1.807) is 36.4 Å². The van der Waals surface area contributed by atoms with E-state index in [0.717, 1.165) is 65.6 Å². The van der Waals surface area contributed by atoms with Gasteiger partial charge in [-0.25, -0.2) is 13.4 Å². The van der Waals surface area contributed by atoms with Gasteiger partial charge >= 0.3 is 0 Å². The Labute approximate surface area is 245 Å². The highest BCUT2D eigenvalue weighted by atomic mass is 32.2. The van der Waals surface area contributed by atoms with Gasteiger partial charge in [-0.05, 0) is 76.2 Å². The third kappa shape index (κ3) is 4.86. The maximum absolute atomic E-state index is 13.3. The number of aryl methyl sites for hydroxylation is 1. The molecule has 6 rings (SSSR count). The number of hydrogen-bond donors (Lipinski definition) is 1. The maximum atomic E-state index is 13.3. The van der Waals surface area contributed by atoms with Crippen molar-refractivity contribution < 1.29 is 17.9 Å². The zero-order chi connectivity index (χ0) is 29.6. The number of fused-ring (bicyclic) bond motifs is 4. The molecule has 1 saturated carbocycles. The predicted octanol–water partition coefficient (Wildman–Crippen LogP) is 4.53. The lowest BCUT2D eigenvalue weighted by atomic mass is 9.64. The van der Waals surface area contributed by atoms with Crippen LogP contribution in [0.15, 0.2) is 59.9 Å². The molecule has 1 N–H and O–H groups in total. The van der Waals surface area contributed by atoms with E-state index in [2.05, 4.69) is 24.6 Å². The third-order valence-electron chi connectivity index (χ3n) is 8.22. The molecule has 0 atom stereocenters. The van der Waals surface area contributed by atoms with Gasteiger partial charge in [-0.3, -0.25) is 19.5 Å². The molecule has 1 aliphatic carbocycles. The second-order valence-electron chi connectivity index (χ2n) is 11.4. The molecule has 10 nitrogen and oxygen atoms in total. The van der Waals surface area contributed by atoms with Crippen molar-refractivity contribution >= 4 is 38.2 Å². The second-order valence-corrected chi connectivity index (χ2v) is 13.1. The minimum Gasteiger partial charge on any atom is -0.476 e. The predicted molar refractivity (Wildman–Crippen MR) is 162 cm³/mol. The van der Waals surface area contributed by atoms with Crippen molar-refractivity contribution in [3.05, 3.63) is 66.2 Å². The number of nitrogens with one attached hydrogen (secondary N) is 1. The number of anilines is 2. The van der Waals surface area contributed by atoms with Gasteiger partial charge in [0.15, 0.2) is 0 Å². The van der Waals surface area contributed by atoms with Crippen molar-refractivity contribution in [2.45, 2.75) is 42.9 Å². The van der Waals surface area contributed by atoms with E-state index >= 15 is 0 Å². The average molecular weight is 587 g/mol. The van der Waals surface area contributed by atoms with E-state index in [1.807, 2.05) is 39.3 Å². The van der Waals surface area contributed by atoms with E-state index < -0.39 is 15.4 Å². The topological polar surface area (TPSA) is 118 Å². The maximum Gasteiger partial charge on any atom is 0.263 e. The standard InChI is InChI=1S/C31H34N6O4S/c1-20-7-9-23(18-32-20)42(39,40)35-26-16-22(17-34-29(26)41-14-6-13-36(2)3)21-8-10-25-24(15-21)28-27(19-33-25)37(4)30(38)31(28)11-5-12-31/h7-10,15-19,35H,5-6,11-14H2,1-4H3. The van der Waals surface area contributed by atoms with Gasteiger partial charge < -0.3 is 14.5 Å². The molecule has 0 unspecified atom stereocenters. The molecule has 1 amide bonds. The van der Waals surface area contributed by atoms with Crippen molar-refractivity contribution in [1.82, 2.24) is 19.9 Å². The summed E-state index contributed by atoms with van der Waals surface area (Å²) in [6.07, 6.45) is 8.23. The largest absolute Gasteiger partial charge is 0.476 e. The normalized spacial score (nSPS) is 15.7. The van der Waals surface area contributed by atoms with Crippen LogP contribution >= 0.6 is 0 Å². The summed E-state index contributed by atoms with van der Waals surface area (Å²) in [5.74, 6) is 0.327. The van der Waals surface area contributed by atoms with Crippen LogP contribution in [0, 0.1) is 6.92 Å². The number of hydrogen-bond acceptors (Lipinski definition) is 8. The summed E-state index contributed by atoms with van der Waals surface area (Å²) in [4.78, 5) is 30.4. The van der Waals surface area contributed by atoms with Crippen LogP contribution in [0.3, 0.4) is 0 Å². The summed E-state index contributed by atoms with van der Waals surface area (Å²) >= 11 is 0. The molecule has 1 aromatic carbocycles. The van der Waals surface area contributed by atoms with Gasteiger partial charge in [0, 0.05) is 48.2 Å². The number of ether oxygens (including phenoxy) is 1. The Hall–Kier alpha value is -4.09. The average Bonchev–Trinajstić information content (AvgIpc) is 3.18. The van der Waals surface area contributed by atoms with Crippen LogP contribution in [0.1, 0.15) is 36.9 Å². The Bertz CT molecular complexity index is 1790. The monoisotopic (exact) mass is 586 g/mol. The highest BCUT2D eigenvalue weighted by Gasteiger charge is 2.54. The van der Waals surface area contributed by atoms with Crippen molar-refractivity contribution in [3.8, 4) is 17.0 Å². The summed E-state index contributed by atoms with van der Waals surface area (Å²) < 4.78 is 35.3. The number of carbonyl (C=O) groups is 1. The van der Waals surface area contributed by atoms with Crippen molar-refractivity contribution in [2.24, 2.45) is 0 Å². The van der Waals surface area contributed by atoms with Crippen LogP contribution in [0.2, 0.25) is 0 Å². The first-order valence-corrected chi connectivity index (χ1v) is 15.5. The van der Waals surface area contributed by atoms with Crippen molar-refractivity contribution in [2.75, 3.05) is 43.9 Å². The molecule has 0 bridgehead atoms. The molecule has 0 radical (unpaired) electrons. The van der Waals surface area contributed by atoms with Gasteiger partial charge in [-0.1, -0.05) is 12.5 Å². The number of sulfonamides is 1. The van der Waals surface area contributed by atoms with Crippen molar-refractivity contribution in [1.29, 1.82) is 0 Å². The Morgan fingerprint density at radius 1 is 1.02 bits per heavy atom. The third-order valence-corrected chi connectivity index (χ3v) is 9.57. The number of benzene rings is 1. The van der Waals surface area contributed by atoms with E-state index in [9.17, 15) is 13.2 Å². The quantitative estimate of drug-likeness (QED) is 0.284. The van der Waals surface area contributed by atoms with E-state index in [1.165, 1.54) is 12.3 Å². The number of nitrogens with zero attached hydrogens (tertiary/aromatic N) is 5. The molecular weight excluding hydrogens is 552 g/mol. The summed E-state index contributed by atoms with van der Waals surface area (Å²) in [7, 11) is 1.83. The van der Waals surface area contributed by atoms with E-state index in [-0.39, 0.29) is 22.4 Å². The molecule has 218 valence electrons. The van der Waals surface area contributed by atoms with Gasteiger partial charge in [0.2, 0.25) is 11.8 Å². The SMILES string of the molecule is Cc1ccc(S(=O)(=O)Nc2cc(-c3ccc4ncc5c(c4c3)C3(CCC3)C(=O)N5C)cnc2OCCCN(C)C)cn1. The molecular formula is C31H34N6O4S. The van der Waals surface area contributed by atoms with E-state index in [0.29, 0.717) is 12.2 Å². The van der Waals surface area contributed by atoms with Gasteiger partial charge in [-0.2, -0.15) is 0 Å². The van der Waals surface area contributed by atoms with Gasteiger partial charge in [0.1, 0.15) is 10.6 Å². The summed E-state index contributed by atoms with van der Waals surface area (Å²) in [5.41, 5.74) is 4.70. The summed E-state index contributed by atoms with van der Waals surface area (Å²) in [6, 6.07) is 10.8. The molecule has 1 aliphatic heterocycles. The van der Waals surface area contributed by atoms with Crippen LogP contribution in [-0.4, -0.2) is 68.5 Å². The minimum atomic E-state index is -3.96. The smallest absolute Gasteiger partial charge is 0.263 e. The fraction of sp³-hybridized carbons (Fsp3) is 0.355. The number of pyridine rings is 3. The van der Waals surface area contributed by atoms with Crippen molar-refractivity contribution in [3.63, 3.8) is 0 Å². The molecule has 4 aromatic rings. The summed E-state index contributed by atoms with van der Waals surface area (Å²) in [6.45, 7) is 3.00. The highest BCUT2D eigenvalue weighted by molar-refractivity contribution is 7.92. The molecule has 3 aromatic heterocycles. The molecule has 4 heterocycles. The molecule has 42 heavy (non-hydrogen) atoms. The fourth-order valence-electron chi connectivity index (χ4n) is 5.82. The Morgan fingerprint density at radius 2 is 1.83 bits per heavy atom. The Morgan fingerprint density at radius 3 is 2.52 bits per heavy atom. The van der Waals surface area contributed by atoms with Gasteiger partial charge in [0.25, 0.3) is 10.0 Å². The lowest BCUT2D eigenvalue weighted by molar-refractivity contribution is -0.125. The van der Waals surface area contributed by atoms with Crippen LogP contribution in [0.25, 0.3) is 22.0 Å². The minimum absolute atomic E-state index is 0.0454. The number of rotatable bonds is 9. The molecule has 2 aliphatic rings. The zero-order valence-corrected chi connectivity index (χ0v) is 25.0. The van der Waals surface area contributed by atoms with E-state index in [4.69, 9.17) is 4.74 Å². The highest BCUT2D eigenvalue weighted by Crippen LogP contribution is 2.55. The Balaban J connectivity index is 1.40. The Kier molecular flexibility index (Phi) is 7.10. The number of amides is 1. The second kappa shape index (κ2) is 10.6. The molecule has 11 heteroatoms. The molecule has 1 spiro atoms. The van der Waals surface area contributed by atoms with Crippen LogP contribution in [-0.2, 0) is 20.2 Å². The number of aromatic nitrogens is 3.